The van der Waals surface area contributed by atoms with Crippen molar-refractivity contribution in [2.75, 3.05) is 14.2 Å². The van der Waals surface area contributed by atoms with Crippen LogP contribution in [0.5, 0.6) is 11.5 Å². The summed E-state index contributed by atoms with van der Waals surface area (Å²) in [5.41, 5.74) is 0.983. The molecular formula is C15H18N2O5. The number of rotatable bonds is 6. The van der Waals surface area contributed by atoms with Crippen LogP contribution in [0.4, 0.5) is 0 Å². The molecule has 2 rings (SSSR count). The number of carboxylic acid groups (broad SMARTS) is 1. The van der Waals surface area contributed by atoms with Gasteiger partial charge in [-0.25, -0.2) is 4.79 Å². The molecule has 0 aliphatic carbocycles. The number of hydrogen-bond donors (Lipinski definition) is 3. The molecule has 7 nitrogen and oxygen atoms in total. The van der Waals surface area contributed by atoms with Crippen molar-refractivity contribution in [2.45, 2.75) is 19.4 Å². The quantitative estimate of drug-likeness (QED) is 0.755. The minimum atomic E-state index is -1.06. The number of ether oxygens (including phenoxy) is 2. The second-order valence-electron chi connectivity index (χ2n) is 4.75. The minimum absolute atomic E-state index is 0.282. The summed E-state index contributed by atoms with van der Waals surface area (Å²) in [4.78, 5) is 26.1. The van der Waals surface area contributed by atoms with Crippen molar-refractivity contribution in [3.05, 3.63) is 23.9 Å². The lowest BCUT2D eigenvalue weighted by molar-refractivity contribution is -0.139. The van der Waals surface area contributed by atoms with Gasteiger partial charge in [-0.15, -0.1) is 0 Å². The van der Waals surface area contributed by atoms with E-state index in [0.29, 0.717) is 23.4 Å². The molecule has 22 heavy (non-hydrogen) atoms. The molecule has 1 unspecified atom stereocenters. The SMILES string of the molecule is CCC(NC(=O)c1cc2cc(OC)c(OC)cc2[nH]1)C(=O)O. The second kappa shape index (κ2) is 6.38. The molecule has 1 aromatic carbocycles. The van der Waals surface area contributed by atoms with Gasteiger partial charge in [-0.1, -0.05) is 6.92 Å². The average molecular weight is 306 g/mol. The highest BCUT2D eigenvalue weighted by Gasteiger charge is 2.20. The van der Waals surface area contributed by atoms with Gasteiger partial charge >= 0.3 is 5.97 Å². The molecule has 3 N–H and O–H groups in total. The number of carboxylic acids is 1. The van der Waals surface area contributed by atoms with E-state index in [2.05, 4.69) is 10.3 Å². The zero-order valence-corrected chi connectivity index (χ0v) is 12.6. The maximum absolute atomic E-state index is 12.1. The number of benzene rings is 1. The third kappa shape index (κ3) is 2.98. The maximum atomic E-state index is 12.1. The zero-order chi connectivity index (χ0) is 16.3. The van der Waals surface area contributed by atoms with Crippen LogP contribution in [0.15, 0.2) is 18.2 Å². The molecule has 0 fully saturated rings. The molecule has 1 atom stereocenters. The summed E-state index contributed by atoms with van der Waals surface area (Å²) in [6.45, 7) is 1.69. The van der Waals surface area contributed by atoms with Crippen LogP contribution < -0.4 is 14.8 Å². The van der Waals surface area contributed by atoms with Gasteiger partial charge in [-0.2, -0.15) is 0 Å². The summed E-state index contributed by atoms with van der Waals surface area (Å²) in [5.74, 6) is -0.433. The Bertz CT molecular complexity index is 666. The molecule has 0 aliphatic rings. The van der Waals surface area contributed by atoms with Crippen LogP contribution in [0, 0.1) is 0 Å². The highest BCUT2D eigenvalue weighted by atomic mass is 16.5. The number of carbonyl (C=O) groups is 2. The van der Waals surface area contributed by atoms with Crippen LogP contribution in [0.2, 0.25) is 0 Å². The number of aliphatic carboxylic acids is 1. The number of amides is 1. The molecule has 0 saturated heterocycles. The lowest BCUT2D eigenvalue weighted by Crippen LogP contribution is -2.40. The number of aromatic amines is 1. The fourth-order valence-electron chi connectivity index (χ4n) is 2.16. The van der Waals surface area contributed by atoms with E-state index < -0.39 is 17.9 Å². The fraction of sp³-hybridized carbons (Fsp3) is 0.333. The molecule has 0 aliphatic heterocycles. The van der Waals surface area contributed by atoms with Crippen molar-refractivity contribution in [2.24, 2.45) is 0 Å². The average Bonchev–Trinajstić information content (AvgIpc) is 2.93. The summed E-state index contributed by atoms with van der Waals surface area (Å²) in [7, 11) is 3.06. The van der Waals surface area contributed by atoms with Crippen LogP contribution in [0.3, 0.4) is 0 Å². The fourth-order valence-corrected chi connectivity index (χ4v) is 2.16. The molecule has 1 heterocycles. The van der Waals surface area contributed by atoms with Gasteiger partial charge in [0.25, 0.3) is 5.91 Å². The number of hydrogen-bond acceptors (Lipinski definition) is 4. The summed E-state index contributed by atoms with van der Waals surface area (Å²) >= 11 is 0. The van der Waals surface area contributed by atoms with E-state index in [1.807, 2.05) is 0 Å². The molecule has 0 spiro atoms. The highest BCUT2D eigenvalue weighted by molar-refractivity contribution is 6.00. The smallest absolute Gasteiger partial charge is 0.326 e. The van der Waals surface area contributed by atoms with Crippen LogP contribution in [0.1, 0.15) is 23.8 Å². The topological polar surface area (TPSA) is 101 Å². The summed E-state index contributed by atoms with van der Waals surface area (Å²) in [6, 6.07) is 4.19. The van der Waals surface area contributed by atoms with Gasteiger partial charge in [-0.3, -0.25) is 4.79 Å². The van der Waals surface area contributed by atoms with Gasteiger partial charge in [0, 0.05) is 17.0 Å². The van der Waals surface area contributed by atoms with Crippen LogP contribution in [-0.2, 0) is 4.79 Å². The Balaban J connectivity index is 2.32. The lowest BCUT2D eigenvalue weighted by Gasteiger charge is -2.10. The van der Waals surface area contributed by atoms with E-state index in [1.54, 1.807) is 25.1 Å². The van der Waals surface area contributed by atoms with Crippen LogP contribution in [-0.4, -0.2) is 42.2 Å². The second-order valence-corrected chi connectivity index (χ2v) is 4.75. The number of carbonyl (C=O) groups excluding carboxylic acids is 1. The Kier molecular flexibility index (Phi) is 4.55. The van der Waals surface area contributed by atoms with Crippen molar-refractivity contribution in [3.63, 3.8) is 0 Å². The molecule has 0 radical (unpaired) electrons. The number of methoxy groups -OCH3 is 2. The van der Waals surface area contributed by atoms with Gasteiger partial charge in [-0.05, 0) is 18.6 Å². The zero-order valence-electron chi connectivity index (χ0n) is 12.6. The number of fused-ring (bicyclic) bond motifs is 1. The molecule has 1 amide bonds. The molecular weight excluding hydrogens is 288 g/mol. The Hall–Kier alpha value is -2.70. The van der Waals surface area contributed by atoms with Gasteiger partial charge in [0.05, 0.1) is 14.2 Å². The Morgan fingerprint density at radius 3 is 2.41 bits per heavy atom. The van der Waals surface area contributed by atoms with Gasteiger partial charge < -0.3 is 24.9 Å². The first-order valence-corrected chi connectivity index (χ1v) is 6.78. The van der Waals surface area contributed by atoms with Crippen LogP contribution >= 0.6 is 0 Å². The number of aromatic nitrogens is 1. The lowest BCUT2D eigenvalue weighted by atomic mass is 10.2. The molecule has 0 saturated carbocycles. The third-order valence-electron chi connectivity index (χ3n) is 3.38. The van der Waals surface area contributed by atoms with Crippen molar-refractivity contribution in [3.8, 4) is 11.5 Å². The molecule has 118 valence electrons. The Labute approximate surface area is 127 Å². The largest absolute Gasteiger partial charge is 0.493 e. The molecule has 2 aromatic rings. The van der Waals surface area contributed by atoms with Gasteiger partial charge in [0.1, 0.15) is 11.7 Å². The maximum Gasteiger partial charge on any atom is 0.326 e. The predicted octanol–water partition coefficient (Wildman–Crippen LogP) is 1.78. The monoisotopic (exact) mass is 306 g/mol. The van der Waals surface area contributed by atoms with Crippen LogP contribution in [0.25, 0.3) is 10.9 Å². The van der Waals surface area contributed by atoms with E-state index in [9.17, 15) is 9.59 Å². The van der Waals surface area contributed by atoms with Gasteiger partial charge in [0.2, 0.25) is 0 Å². The first-order chi connectivity index (χ1) is 10.5. The van der Waals surface area contributed by atoms with E-state index in [-0.39, 0.29) is 5.69 Å². The summed E-state index contributed by atoms with van der Waals surface area (Å²) < 4.78 is 10.4. The molecule has 1 aromatic heterocycles. The third-order valence-corrected chi connectivity index (χ3v) is 3.38. The van der Waals surface area contributed by atoms with Crippen molar-refractivity contribution >= 4 is 22.8 Å². The molecule has 0 bridgehead atoms. The van der Waals surface area contributed by atoms with E-state index in [1.165, 1.54) is 14.2 Å². The summed E-state index contributed by atoms with van der Waals surface area (Å²) in [6.07, 6.45) is 0.308. The number of nitrogens with one attached hydrogen (secondary N) is 2. The van der Waals surface area contributed by atoms with Crippen molar-refractivity contribution < 1.29 is 24.2 Å². The summed E-state index contributed by atoms with van der Waals surface area (Å²) in [5, 5.41) is 12.2. The Morgan fingerprint density at radius 1 is 1.23 bits per heavy atom. The normalized spacial score (nSPS) is 12.0. The standard InChI is InChI=1S/C15H18N2O5/c1-4-9(15(19)20)17-14(18)11-5-8-6-12(21-2)13(22-3)7-10(8)16-11/h5-7,9,16H,4H2,1-3H3,(H,17,18)(H,19,20). The first-order valence-electron chi connectivity index (χ1n) is 6.78. The van der Waals surface area contributed by atoms with E-state index in [4.69, 9.17) is 14.6 Å². The van der Waals surface area contributed by atoms with E-state index >= 15 is 0 Å². The number of H-pyrrole nitrogens is 1. The highest BCUT2D eigenvalue weighted by Crippen LogP contribution is 2.32. The Morgan fingerprint density at radius 2 is 1.86 bits per heavy atom. The van der Waals surface area contributed by atoms with E-state index in [0.717, 1.165) is 5.39 Å². The molecule has 7 heteroatoms. The van der Waals surface area contributed by atoms with Crippen molar-refractivity contribution in [1.29, 1.82) is 0 Å². The minimum Gasteiger partial charge on any atom is -0.493 e. The van der Waals surface area contributed by atoms with Gasteiger partial charge in [0.15, 0.2) is 11.5 Å². The predicted molar refractivity (Wildman–Crippen MR) is 80.6 cm³/mol. The van der Waals surface area contributed by atoms with Crippen molar-refractivity contribution in [1.82, 2.24) is 10.3 Å². The first kappa shape index (κ1) is 15.7.